The van der Waals surface area contributed by atoms with Crippen LogP contribution in [0.15, 0.2) is 35.7 Å². The summed E-state index contributed by atoms with van der Waals surface area (Å²) in [6, 6.07) is 7.30. The maximum Gasteiger partial charge on any atom is 0.573 e. The highest BCUT2D eigenvalue weighted by atomic mass is 32.1. The van der Waals surface area contributed by atoms with Crippen molar-refractivity contribution in [2.75, 3.05) is 5.32 Å². The van der Waals surface area contributed by atoms with E-state index in [9.17, 15) is 18.3 Å². The Morgan fingerprint density at radius 3 is 2.72 bits per heavy atom. The molecule has 2 aromatic heterocycles. The minimum absolute atomic E-state index is 0.337. The van der Waals surface area contributed by atoms with E-state index in [2.05, 4.69) is 20.3 Å². The molecule has 25 heavy (non-hydrogen) atoms. The van der Waals surface area contributed by atoms with Crippen LogP contribution in [-0.2, 0) is 0 Å². The summed E-state index contributed by atoms with van der Waals surface area (Å²) in [5.74, 6) is -0.337. The van der Waals surface area contributed by atoms with Gasteiger partial charge in [-0.25, -0.2) is 0 Å². The summed E-state index contributed by atoms with van der Waals surface area (Å²) in [7, 11) is 0. The van der Waals surface area contributed by atoms with Gasteiger partial charge in [-0.1, -0.05) is 17.4 Å². The smallest absolute Gasteiger partial charge is 0.406 e. The minimum Gasteiger partial charge on any atom is -0.406 e. The molecule has 0 spiro atoms. The summed E-state index contributed by atoms with van der Waals surface area (Å²) in [6.07, 6.45) is -5.63. The Labute approximate surface area is 148 Å². The van der Waals surface area contributed by atoms with Gasteiger partial charge in [-0.2, -0.15) is 0 Å². The highest BCUT2D eigenvalue weighted by molar-refractivity contribution is 7.15. The van der Waals surface area contributed by atoms with Gasteiger partial charge in [-0.15, -0.1) is 34.7 Å². The molecular weight excluding hydrogens is 375 g/mol. The SMILES string of the molecule is Cc1ccsc1C(O)c1nnc(Nc2cccc(OC(F)(F)F)c2)s1. The fourth-order valence-corrected chi connectivity index (χ4v) is 3.81. The van der Waals surface area contributed by atoms with Crippen molar-refractivity contribution in [2.45, 2.75) is 19.4 Å². The number of halogens is 3. The number of anilines is 2. The molecule has 0 fully saturated rings. The first kappa shape index (κ1) is 17.6. The zero-order valence-corrected chi connectivity index (χ0v) is 14.4. The fourth-order valence-electron chi connectivity index (χ4n) is 2.07. The lowest BCUT2D eigenvalue weighted by Gasteiger charge is -2.10. The summed E-state index contributed by atoms with van der Waals surface area (Å²) in [5, 5.41) is 23.7. The van der Waals surface area contributed by atoms with Crippen molar-refractivity contribution in [3.63, 3.8) is 0 Å². The lowest BCUT2D eigenvalue weighted by molar-refractivity contribution is -0.274. The molecule has 5 nitrogen and oxygen atoms in total. The Hall–Kier alpha value is -2.17. The van der Waals surface area contributed by atoms with E-state index in [1.54, 1.807) is 6.07 Å². The highest BCUT2D eigenvalue weighted by Crippen LogP contribution is 2.33. The molecule has 10 heteroatoms. The number of rotatable bonds is 5. The first-order chi connectivity index (χ1) is 11.8. The topological polar surface area (TPSA) is 67.3 Å². The molecule has 0 saturated heterocycles. The monoisotopic (exact) mass is 387 g/mol. The van der Waals surface area contributed by atoms with Crippen LogP contribution >= 0.6 is 22.7 Å². The van der Waals surface area contributed by atoms with Crippen LogP contribution in [0.25, 0.3) is 0 Å². The zero-order chi connectivity index (χ0) is 18.0. The average Bonchev–Trinajstić information content (AvgIpc) is 3.14. The van der Waals surface area contributed by atoms with Crippen molar-refractivity contribution < 1.29 is 23.0 Å². The molecule has 0 saturated carbocycles. The van der Waals surface area contributed by atoms with E-state index < -0.39 is 12.5 Å². The van der Waals surface area contributed by atoms with Crippen molar-refractivity contribution in [3.05, 3.63) is 51.2 Å². The zero-order valence-electron chi connectivity index (χ0n) is 12.7. The molecule has 1 atom stereocenters. The van der Waals surface area contributed by atoms with Crippen LogP contribution in [0.4, 0.5) is 24.0 Å². The largest absolute Gasteiger partial charge is 0.573 e. The number of aliphatic hydroxyl groups excluding tert-OH is 1. The standard InChI is InChI=1S/C15H12F3N3O2S2/c1-8-5-6-24-12(8)11(22)13-20-21-14(25-13)19-9-3-2-4-10(7-9)23-15(16,17)18/h2-7,11,22H,1H3,(H,19,21). The number of nitrogens with zero attached hydrogens (tertiary/aromatic N) is 2. The van der Waals surface area contributed by atoms with Gasteiger partial charge in [0.1, 0.15) is 11.9 Å². The first-order valence-corrected chi connectivity index (χ1v) is 8.70. The maximum atomic E-state index is 12.3. The summed E-state index contributed by atoms with van der Waals surface area (Å²) < 4.78 is 40.7. The molecule has 132 valence electrons. The van der Waals surface area contributed by atoms with Crippen molar-refractivity contribution in [1.82, 2.24) is 10.2 Å². The van der Waals surface area contributed by atoms with Crippen LogP contribution in [0.5, 0.6) is 5.75 Å². The van der Waals surface area contributed by atoms with Crippen LogP contribution in [0.1, 0.15) is 21.6 Å². The molecule has 0 aliphatic heterocycles. The van der Waals surface area contributed by atoms with E-state index in [-0.39, 0.29) is 5.75 Å². The van der Waals surface area contributed by atoms with Gasteiger partial charge >= 0.3 is 6.36 Å². The van der Waals surface area contributed by atoms with Gasteiger partial charge in [0.25, 0.3) is 0 Å². The van der Waals surface area contributed by atoms with E-state index in [4.69, 9.17) is 0 Å². The number of aliphatic hydroxyl groups is 1. The molecule has 0 amide bonds. The average molecular weight is 387 g/mol. The number of aryl methyl sites for hydroxylation is 1. The Morgan fingerprint density at radius 1 is 1.24 bits per heavy atom. The lowest BCUT2D eigenvalue weighted by atomic mass is 10.2. The summed E-state index contributed by atoms with van der Waals surface area (Å²) >= 11 is 2.54. The van der Waals surface area contributed by atoms with Gasteiger partial charge in [0.05, 0.1) is 0 Å². The summed E-state index contributed by atoms with van der Waals surface area (Å²) in [6.45, 7) is 1.89. The molecule has 2 N–H and O–H groups in total. The number of benzene rings is 1. The predicted molar refractivity (Wildman–Crippen MR) is 89.4 cm³/mol. The molecule has 0 bridgehead atoms. The van der Waals surface area contributed by atoms with Crippen LogP contribution in [0, 0.1) is 6.92 Å². The first-order valence-electron chi connectivity index (χ1n) is 7.00. The Kier molecular flexibility index (Phi) is 4.93. The molecule has 2 heterocycles. The molecule has 1 aromatic carbocycles. The number of thiophene rings is 1. The number of aromatic nitrogens is 2. The van der Waals surface area contributed by atoms with E-state index in [1.807, 2.05) is 18.4 Å². The van der Waals surface area contributed by atoms with Crippen molar-refractivity contribution in [1.29, 1.82) is 0 Å². The van der Waals surface area contributed by atoms with Gasteiger partial charge < -0.3 is 15.2 Å². The van der Waals surface area contributed by atoms with E-state index in [0.717, 1.165) is 21.8 Å². The maximum absolute atomic E-state index is 12.3. The van der Waals surface area contributed by atoms with Crippen LogP contribution in [0.3, 0.4) is 0 Å². The molecule has 3 rings (SSSR count). The summed E-state index contributed by atoms with van der Waals surface area (Å²) in [4.78, 5) is 0.781. The number of alkyl halides is 3. The van der Waals surface area contributed by atoms with Gasteiger partial charge in [0, 0.05) is 16.6 Å². The third-order valence-corrected chi connectivity index (χ3v) is 5.11. The number of hydrogen-bond donors (Lipinski definition) is 2. The van der Waals surface area contributed by atoms with Crippen molar-refractivity contribution >= 4 is 33.5 Å². The summed E-state index contributed by atoms with van der Waals surface area (Å²) in [5.41, 5.74) is 1.32. The molecule has 0 aliphatic rings. The van der Waals surface area contributed by atoms with E-state index in [1.165, 1.54) is 29.5 Å². The second-order valence-corrected chi connectivity index (χ2v) is 6.97. The van der Waals surface area contributed by atoms with E-state index in [0.29, 0.717) is 15.8 Å². The number of nitrogens with one attached hydrogen (secondary N) is 1. The second-order valence-electron chi connectivity index (χ2n) is 5.02. The molecule has 0 radical (unpaired) electrons. The molecule has 3 aromatic rings. The lowest BCUT2D eigenvalue weighted by Crippen LogP contribution is -2.17. The predicted octanol–water partition coefficient (Wildman–Crippen LogP) is 4.63. The Bertz CT molecular complexity index is 864. The number of ether oxygens (including phenoxy) is 1. The normalized spacial score (nSPS) is 12.8. The van der Waals surface area contributed by atoms with Gasteiger partial charge in [0.15, 0.2) is 5.01 Å². The molecule has 0 aliphatic carbocycles. The minimum atomic E-state index is -4.75. The highest BCUT2D eigenvalue weighted by Gasteiger charge is 2.31. The third kappa shape index (κ3) is 4.47. The van der Waals surface area contributed by atoms with Crippen molar-refractivity contribution in [3.8, 4) is 5.75 Å². The fraction of sp³-hybridized carbons (Fsp3) is 0.200. The molecule has 1 unspecified atom stereocenters. The van der Waals surface area contributed by atoms with E-state index >= 15 is 0 Å². The van der Waals surface area contributed by atoms with Crippen LogP contribution in [0.2, 0.25) is 0 Å². The van der Waals surface area contributed by atoms with Gasteiger partial charge in [-0.05, 0) is 36.1 Å². The quantitative estimate of drug-likeness (QED) is 0.668. The Morgan fingerprint density at radius 2 is 2.04 bits per heavy atom. The number of hydrogen-bond acceptors (Lipinski definition) is 7. The van der Waals surface area contributed by atoms with Crippen molar-refractivity contribution in [2.24, 2.45) is 0 Å². The Balaban J connectivity index is 1.73. The second kappa shape index (κ2) is 6.98. The van der Waals surface area contributed by atoms with Crippen LogP contribution in [-0.4, -0.2) is 21.7 Å². The molecular formula is C15H12F3N3O2S2. The van der Waals surface area contributed by atoms with Gasteiger partial charge in [0.2, 0.25) is 5.13 Å². The van der Waals surface area contributed by atoms with Crippen LogP contribution < -0.4 is 10.1 Å². The third-order valence-electron chi connectivity index (χ3n) is 3.14. The van der Waals surface area contributed by atoms with Gasteiger partial charge in [-0.3, -0.25) is 0 Å².